The zero-order valence-electron chi connectivity index (χ0n) is 16.8. The first-order chi connectivity index (χ1) is 14.5. The molecule has 1 N–H and O–H groups in total. The van der Waals surface area contributed by atoms with Crippen LogP contribution in [0.4, 0.5) is 5.69 Å². The number of methoxy groups -OCH3 is 1. The van der Waals surface area contributed by atoms with Gasteiger partial charge in [0.1, 0.15) is 11.5 Å². The third-order valence-electron chi connectivity index (χ3n) is 4.94. The molecule has 0 radical (unpaired) electrons. The second-order valence-electron chi connectivity index (χ2n) is 7.02. The largest absolute Gasteiger partial charge is 0.496 e. The molecule has 2 aromatic carbocycles. The topological polar surface area (TPSA) is 67.9 Å². The van der Waals surface area contributed by atoms with Gasteiger partial charge < -0.3 is 19.7 Å². The molecule has 0 bridgehead atoms. The molecule has 1 aliphatic rings. The first-order valence-electron chi connectivity index (χ1n) is 9.60. The Morgan fingerprint density at radius 3 is 2.83 bits per heavy atom. The molecule has 2 heterocycles. The van der Waals surface area contributed by atoms with Gasteiger partial charge >= 0.3 is 0 Å². The molecule has 0 spiro atoms. The fourth-order valence-electron chi connectivity index (χ4n) is 3.45. The summed E-state index contributed by atoms with van der Waals surface area (Å²) in [5.74, 6) is 1.13. The molecule has 4 rings (SSSR count). The van der Waals surface area contributed by atoms with Crippen LogP contribution in [0, 0.1) is 0 Å². The molecule has 2 amide bonds. The number of carbonyl (C=O) groups is 2. The van der Waals surface area contributed by atoms with E-state index < -0.39 is 6.10 Å². The van der Waals surface area contributed by atoms with Gasteiger partial charge in [-0.25, -0.2) is 0 Å². The summed E-state index contributed by atoms with van der Waals surface area (Å²) in [6.45, 7) is 2.53. The van der Waals surface area contributed by atoms with Crippen LogP contribution in [0.2, 0.25) is 0 Å². The molecule has 30 heavy (non-hydrogen) atoms. The van der Waals surface area contributed by atoms with Gasteiger partial charge in [0, 0.05) is 29.9 Å². The predicted molar refractivity (Wildman–Crippen MR) is 116 cm³/mol. The van der Waals surface area contributed by atoms with Crippen LogP contribution in [0.5, 0.6) is 11.5 Å². The van der Waals surface area contributed by atoms with E-state index in [2.05, 4.69) is 5.32 Å². The molecule has 154 valence electrons. The minimum Gasteiger partial charge on any atom is -0.496 e. The third kappa shape index (κ3) is 4.16. The van der Waals surface area contributed by atoms with Gasteiger partial charge in [0.15, 0.2) is 6.10 Å². The fraction of sp³-hybridized carbons (Fsp3) is 0.217. The van der Waals surface area contributed by atoms with Crippen molar-refractivity contribution in [2.24, 2.45) is 0 Å². The Balaban J connectivity index is 1.59. The Morgan fingerprint density at radius 1 is 1.23 bits per heavy atom. The minimum atomic E-state index is -0.604. The molecule has 6 nitrogen and oxygen atoms in total. The monoisotopic (exact) mass is 422 g/mol. The van der Waals surface area contributed by atoms with Crippen molar-refractivity contribution in [3.05, 3.63) is 76.0 Å². The quantitative estimate of drug-likeness (QED) is 0.665. The summed E-state index contributed by atoms with van der Waals surface area (Å²) >= 11 is 1.39. The van der Waals surface area contributed by atoms with Crippen molar-refractivity contribution in [2.75, 3.05) is 12.4 Å². The number of rotatable bonds is 5. The lowest BCUT2D eigenvalue weighted by Gasteiger charge is -2.23. The number of hydrogen-bond donors (Lipinski definition) is 1. The van der Waals surface area contributed by atoms with Crippen LogP contribution in [0.3, 0.4) is 0 Å². The van der Waals surface area contributed by atoms with Crippen LogP contribution in [0.1, 0.15) is 27.7 Å². The Morgan fingerprint density at radius 2 is 2.07 bits per heavy atom. The van der Waals surface area contributed by atoms with Crippen molar-refractivity contribution in [1.29, 1.82) is 0 Å². The van der Waals surface area contributed by atoms with E-state index >= 15 is 0 Å². The molecular formula is C23H22N2O4S. The number of nitrogens with zero attached hydrogens (tertiary/aromatic N) is 1. The van der Waals surface area contributed by atoms with Gasteiger partial charge in [0.25, 0.3) is 11.8 Å². The summed E-state index contributed by atoms with van der Waals surface area (Å²) in [5.41, 5.74) is 2.42. The molecule has 0 saturated heterocycles. The predicted octanol–water partition coefficient (Wildman–Crippen LogP) is 4.32. The summed E-state index contributed by atoms with van der Waals surface area (Å²) in [5, 5.41) is 4.78. The van der Waals surface area contributed by atoms with Crippen LogP contribution in [-0.2, 0) is 17.9 Å². The van der Waals surface area contributed by atoms with Gasteiger partial charge in [-0.2, -0.15) is 0 Å². The number of benzene rings is 2. The number of nitrogens with one attached hydrogen (secondary N) is 1. The molecule has 0 saturated carbocycles. The van der Waals surface area contributed by atoms with Gasteiger partial charge in [-0.3, -0.25) is 9.59 Å². The number of para-hydroxylation sites is 1. The summed E-state index contributed by atoms with van der Waals surface area (Å²) in [4.78, 5) is 27.7. The van der Waals surface area contributed by atoms with E-state index in [4.69, 9.17) is 9.47 Å². The first kappa shape index (κ1) is 20.0. The highest BCUT2D eigenvalue weighted by molar-refractivity contribution is 7.12. The van der Waals surface area contributed by atoms with Crippen molar-refractivity contribution < 1.29 is 19.1 Å². The SMILES string of the molecule is COc1ccccc1CN1Cc2cc(NC(=O)c3cccs3)ccc2OC(C)C1=O. The van der Waals surface area contributed by atoms with E-state index in [0.29, 0.717) is 29.4 Å². The number of carbonyl (C=O) groups excluding carboxylic acids is 2. The molecular weight excluding hydrogens is 400 g/mol. The second kappa shape index (κ2) is 8.59. The Kier molecular flexibility index (Phi) is 5.72. The molecule has 0 aliphatic carbocycles. The molecule has 7 heteroatoms. The highest BCUT2D eigenvalue weighted by atomic mass is 32.1. The lowest BCUT2D eigenvalue weighted by molar-refractivity contribution is -0.138. The fourth-order valence-corrected chi connectivity index (χ4v) is 4.07. The number of anilines is 1. The van der Waals surface area contributed by atoms with Crippen LogP contribution in [0.25, 0.3) is 0 Å². The Labute approximate surface area is 179 Å². The van der Waals surface area contributed by atoms with Crippen molar-refractivity contribution in [3.63, 3.8) is 0 Å². The van der Waals surface area contributed by atoms with E-state index in [1.807, 2.05) is 41.8 Å². The van der Waals surface area contributed by atoms with E-state index in [9.17, 15) is 9.59 Å². The number of thiophene rings is 1. The average molecular weight is 423 g/mol. The lowest BCUT2D eigenvalue weighted by atomic mass is 10.1. The highest BCUT2D eigenvalue weighted by Crippen LogP contribution is 2.30. The molecule has 1 aliphatic heterocycles. The first-order valence-corrected chi connectivity index (χ1v) is 10.5. The third-order valence-corrected chi connectivity index (χ3v) is 5.81. The maximum Gasteiger partial charge on any atom is 0.265 e. The summed E-state index contributed by atoms with van der Waals surface area (Å²) in [6, 6.07) is 16.7. The van der Waals surface area contributed by atoms with Gasteiger partial charge in [-0.05, 0) is 42.6 Å². The molecule has 0 fully saturated rings. The molecule has 1 unspecified atom stereocenters. The average Bonchev–Trinajstić information content (AvgIpc) is 3.26. The number of hydrogen-bond acceptors (Lipinski definition) is 5. The van der Waals surface area contributed by atoms with Crippen molar-refractivity contribution in [3.8, 4) is 11.5 Å². The van der Waals surface area contributed by atoms with Crippen molar-refractivity contribution in [2.45, 2.75) is 26.1 Å². The van der Waals surface area contributed by atoms with Crippen molar-refractivity contribution >= 4 is 28.8 Å². The van der Waals surface area contributed by atoms with E-state index in [0.717, 1.165) is 16.9 Å². The highest BCUT2D eigenvalue weighted by Gasteiger charge is 2.28. The van der Waals surface area contributed by atoms with Crippen molar-refractivity contribution in [1.82, 2.24) is 4.90 Å². The Bertz CT molecular complexity index is 1060. The van der Waals surface area contributed by atoms with Gasteiger partial charge in [-0.1, -0.05) is 24.3 Å². The molecule has 3 aromatic rings. The minimum absolute atomic E-state index is 0.0960. The zero-order chi connectivity index (χ0) is 21.1. The summed E-state index contributed by atoms with van der Waals surface area (Å²) in [6.07, 6.45) is -0.604. The van der Waals surface area contributed by atoms with E-state index in [1.54, 1.807) is 37.1 Å². The van der Waals surface area contributed by atoms with Crippen LogP contribution < -0.4 is 14.8 Å². The second-order valence-corrected chi connectivity index (χ2v) is 7.97. The standard InChI is InChI=1S/C23H22N2O4S/c1-15-23(27)25(13-16-6-3-4-7-19(16)28-2)14-17-12-18(9-10-20(17)29-15)24-22(26)21-8-5-11-30-21/h3-12,15H,13-14H2,1-2H3,(H,24,26). The normalized spacial score (nSPS) is 15.7. The zero-order valence-corrected chi connectivity index (χ0v) is 17.6. The maximum atomic E-state index is 12.9. The van der Waals surface area contributed by atoms with Crippen LogP contribution in [0.15, 0.2) is 60.0 Å². The van der Waals surface area contributed by atoms with Crippen LogP contribution >= 0.6 is 11.3 Å². The molecule has 1 aromatic heterocycles. The molecule has 1 atom stereocenters. The van der Waals surface area contributed by atoms with Gasteiger partial charge in [0.2, 0.25) is 0 Å². The smallest absolute Gasteiger partial charge is 0.265 e. The van der Waals surface area contributed by atoms with E-state index in [1.165, 1.54) is 11.3 Å². The number of fused-ring (bicyclic) bond motifs is 1. The van der Waals surface area contributed by atoms with Gasteiger partial charge in [0.05, 0.1) is 12.0 Å². The Hall–Kier alpha value is -3.32. The van der Waals surface area contributed by atoms with Crippen LogP contribution in [-0.4, -0.2) is 29.9 Å². The maximum absolute atomic E-state index is 12.9. The summed E-state index contributed by atoms with van der Waals surface area (Å²) in [7, 11) is 1.62. The lowest BCUT2D eigenvalue weighted by Crippen LogP contribution is -2.37. The van der Waals surface area contributed by atoms with Gasteiger partial charge in [-0.15, -0.1) is 11.3 Å². The number of ether oxygens (including phenoxy) is 2. The number of amides is 2. The summed E-state index contributed by atoms with van der Waals surface area (Å²) < 4.78 is 11.3. The van der Waals surface area contributed by atoms with E-state index in [-0.39, 0.29) is 11.8 Å².